The smallest absolute Gasteiger partial charge is 0.0666 e. The first-order valence-electron chi connectivity index (χ1n) is 6.70. The minimum Gasteiger partial charge on any atom is -0.393 e. The van der Waals surface area contributed by atoms with Gasteiger partial charge in [-0.1, -0.05) is 12.8 Å². The molecule has 1 saturated heterocycles. The molecule has 1 aliphatic carbocycles. The highest BCUT2D eigenvalue weighted by Gasteiger charge is 2.50. The van der Waals surface area contributed by atoms with Crippen LogP contribution in [0.5, 0.6) is 0 Å². The zero-order chi connectivity index (χ0) is 12.0. The van der Waals surface area contributed by atoms with Crippen molar-refractivity contribution >= 4 is 0 Å². The Labute approximate surface area is 99.4 Å². The summed E-state index contributed by atoms with van der Waals surface area (Å²) < 4.78 is 6.14. The maximum Gasteiger partial charge on any atom is 0.0666 e. The summed E-state index contributed by atoms with van der Waals surface area (Å²) in [5, 5.41) is 10.2. The average Bonchev–Trinajstić information content (AvgIpc) is 2.35. The molecule has 0 spiro atoms. The lowest BCUT2D eigenvalue weighted by Gasteiger charge is -2.38. The number of hydrogen-bond donors (Lipinski definition) is 1. The third kappa shape index (κ3) is 2.28. The predicted octanol–water partition coefficient (Wildman–Crippen LogP) is 3.13. The van der Waals surface area contributed by atoms with Crippen LogP contribution in [0.4, 0.5) is 0 Å². The first-order valence-corrected chi connectivity index (χ1v) is 6.70. The van der Waals surface area contributed by atoms with Crippen molar-refractivity contribution in [3.63, 3.8) is 0 Å². The van der Waals surface area contributed by atoms with Crippen molar-refractivity contribution in [1.82, 2.24) is 0 Å². The van der Waals surface area contributed by atoms with Crippen LogP contribution in [0.25, 0.3) is 0 Å². The van der Waals surface area contributed by atoms with E-state index in [1.165, 1.54) is 19.3 Å². The van der Waals surface area contributed by atoms with Crippen molar-refractivity contribution in [2.24, 2.45) is 11.8 Å². The van der Waals surface area contributed by atoms with Gasteiger partial charge < -0.3 is 9.84 Å². The molecular weight excluding hydrogens is 200 g/mol. The van der Waals surface area contributed by atoms with Crippen molar-refractivity contribution in [2.75, 3.05) is 0 Å². The Bertz CT molecular complexity index is 257. The van der Waals surface area contributed by atoms with Gasteiger partial charge >= 0.3 is 0 Å². The highest BCUT2D eigenvalue weighted by molar-refractivity contribution is 4.99. The van der Waals surface area contributed by atoms with Crippen molar-refractivity contribution in [3.05, 3.63) is 0 Å². The standard InChI is InChI=1S/C14H26O2/c1-13(2)9-11(14(3,4)16-13)10-7-5-6-8-12(10)15/h10-12,15H,5-9H2,1-4H3. The van der Waals surface area contributed by atoms with Gasteiger partial charge in [0.2, 0.25) is 0 Å². The predicted molar refractivity (Wildman–Crippen MR) is 65.3 cm³/mol. The molecule has 94 valence electrons. The minimum atomic E-state index is -0.101. The fraction of sp³-hybridized carbons (Fsp3) is 1.00. The summed E-state index contributed by atoms with van der Waals surface area (Å²) in [5.74, 6) is 0.961. The molecule has 3 unspecified atom stereocenters. The number of ether oxygens (including phenoxy) is 1. The molecule has 3 atom stereocenters. The Morgan fingerprint density at radius 1 is 1.06 bits per heavy atom. The summed E-state index contributed by atoms with van der Waals surface area (Å²) in [5.41, 5.74) is -0.0994. The molecule has 2 fully saturated rings. The Hall–Kier alpha value is -0.0800. The summed E-state index contributed by atoms with van der Waals surface area (Å²) in [7, 11) is 0. The van der Waals surface area contributed by atoms with E-state index in [-0.39, 0.29) is 17.3 Å². The quantitative estimate of drug-likeness (QED) is 0.744. The molecule has 0 aromatic heterocycles. The third-order valence-electron chi connectivity index (χ3n) is 4.44. The van der Waals surface area contributed by atoms with Crippen LogP contribution >= 0.6 is 0 Å². The average molecular weight is 226 g/mol. The molecular formula is C14H26O2. The van der Waals surface area contributed by atoms with Crippen LogP contribution in [0.3, 0.4) is 0 Å². The Balaban J connectivity index is 2.13. The Morgan fingerprint density at radius 3 is 2.19 bits per heavy atom. The van der Waals surface area contributed by atoms with E-state index in [1.807, 2.05) is 0 Å². The largest absolute Gasteiger partial charge is 0.393 e. The second-order valence-corrected chi connectivity index (χ2v) is 6.79. The van der Waals surface area contributed by atoms with Gasteiger partial charge in [0.15, 0.2) is 0 Å². The molecule has 0 bridgehead atoms. The monoisotopic (exact) mass is 226 g/mol. The van der Waals surface area contributed by atoms with E-state index >= 15 is 0 Å². The molecule has 2 rings (SSSR count). The number of aliphatic hydroxyl groups excluding tert-OH is 1. The molecule has 2 heteroatoms. The minimum absolute atomic E-state index is 0.0225. The molecule has 0 aromatic rings. The van der Waals surface area contributed by atoms with Crippen LogP contribution in [0.1, 0.15) is 59.8 Å². The normalized spacial score (nSPS) is 42.2. The van der Waals surface area contributed by atoms with Crippen LogP contribution in [0.15, 0.2) is 0 Å². The lowest BCUT2D eigenvalue weighted by atomic mass is 9.70. The topological polar surface area (TPSA) is 29.5 Å². The summed E-state index contributed by atoms with van der Waals surface area (Å²) in [6.45, 7) is 8.72. The molecule has 2 nitrogen and oxygen atoms in total. The summed E-state index contributed by atoms with van der Waals surface area (Å²) in [4.78, 5) is 0. The van der Waals surface area contributed by atoms with Gasteiger partial charge in [-0.2, -0.15) is 0 Å². The highest BCUT2D eigenvalue weighted by atomic mass is 16.5. The van der Waals surface area contributed by atoms with Gasteiger partial charge in [-0.25, -0.2) is 0 Å². The fourth-order valence-electron chi connectivity index (χ4n) is 3.88. The van der Waals surface area contributed by atoms with E-state index < -0.39 is 0 Å². The molecule has 1 saturated carbocycles. The first-order chi connectivity index (χ1) is 7.32. The van der Waals surface area contributed by atoms with Crippen LogP contribution < -0.4 is 0 Å². The molecule has 0 radical (unpaired) electrons. The molecule has 16 heavy (non-hydrogen) atoms. The SMILES string of the molecule is CC1(C)CC(C2CCCCC2O)C(C)(C)O1. The molecule has 1 aliphatic heterocycles. The molecule has 2 aliphatic rings. The van der Waals surface area contributed by atoms with Crippen molar-refractivity contribution in [1.29, 1.82) is 0 Å². The van der Waals surface area contributed by atoms with Crippen molar-refractivity contribution < 1.29 is 9.84 Å². The van der Waals surface area contributed by atoms with E-state index in [2.05, 4.69) is 27.7 Å². The van der Waals surface area contributed by atoms with E-state index in [9.17, 15) is 5.11 Å². The first kappa shape index (κ1) is 12.4. The Kier molecular flexibility index (Phi) is 3.09. The molecule has 0 amide bonds. The maximum absolute atomic E-state index is 10.2. The molecule has 1 N–H and O–H groups in total. The van der Waals surface area contributed by atoms with Crippen LogP contribution in [-0.2, 0) is 4.74 Å². The van der Waals surface area contributed by atoms with Crippen molar-refractivity contribution in [3.8, 4) is 0 Å². The van der Waals surface area contributed by atoms with Crippen LogP contribution in [-0.4, -0.2) is 22.4 Å². The van der Waals surface area contributed by atoms with Gasteiger partial charge in [0.25, 0.3) is 0 Å². The van der Waals surface area contributed by atoms with Gasteiger partial charge in [0.1, 0.15) is 0 Å². The van der Waals surface area contributed by atoms with Gasteiger partial charge in [-0.3, -0.25) is 0 Å². The van der Waals surface area contributed by atoms with Gasteiger partial charge in [0, 0.05) is 0 Å². The van der Waals surface area contributed by atoms with Gasteiger partial charge in [0.05, 0.1) is 17.3 Å². The number of rotatable bonds is 1. The zero-order valence-electron chi connectivity index (χ0n) is 11.1. The fourth-order valence-corrected chi connectivity index (χ4v) is 3.88. The third-order valence-corrected chi connectivity index (χ3v) is 4.44. The van der Waals surface area contributed by atoms with E-state index in [4.69, 9.17) is 4.74 Å². The van der Waals surface area contributed by atoms with Crippen LogP contribution in [0.2, 0.25) is 0 Å². The number of aliphatic hydroxyl groups is 1. The Morgan fingerprint density at radius 2 is 1.69 bits per heavy atom. The van der Waals surface area contributed by atoms with E-state index in [0.29, 0.717) is 11.8 Å². The van der Waals surface area contributed by atoms with E-state index in [1.54, 1.807) is 0 Å². The van der Waals surface area contributed by atoms with Gasteiger partial charge in [-0.05, 0) is 58.8 Å². The zero-order valence-corrected chi connectivity index (χ0v) is 11.1. The molecule has 1 heterocycles. The summed E-state index contributed by atoms with van der Waals surface area (Å²) in [6.07, 6.45) is 5.60. The van der Waals surface area contributed by atoms with Crippen LogP contribution in [0, 0.1) is 11.8 Å². The summed E-state index contributed by atoms with van der Waals surface area (Å²) >= 11 is 0. The second kappa shape index (κ2) is 3.99. The maximum atomic E-state index is 10.2. The lowest BCUT2D eigenvalue weighted by Crippen LogP contribution is -2.40. The van der Waals surface area contributed by atoms with Gasteiger partial charge in [-0.15, -0.1) is 0 Å². The summed E-state index contributed by atoms with van der Waals surface area (Å²) in [6, 6.07) is 0. The molecule has 0 aromatic carbocycles. The highest BCUT2D eigenvalue weighted by Crippen LogP contribution is 2.49. The van der Waals surface area contributed by atoms with Crippen molar-refractivity contribution in [2.45, 2.75) is 77.1 Å². The number of hydrogen-bond acceptors (Lipinski definition) is 2. The lowest BCUT2D eigenvalue weighted by molar-refractivity contribution is -0.0907. The second-order valence-electron chi connectivity index (χ2n) is 6.79. The van der Waals surface area contributed by atoms with E-state index in [0.717, 1.165) is 12.8 Å².